The molecule has 66 valence electrons. The zero-order valence-electron chi connectivity index (χ0n) is 7.17. The predicted molar refractivity (Wildman–Crippen MR) is 42.0 cm³/mol. The van der Waals surface area contributed by atoms with Crippen LogP contribution >= 0.6 is 0 Å². The molecular formula is C7H10N2O3. The highest BCUT2D eigenvalue weighted by Gasteiger charge is 2.10. The van der Waals surface area contributed by atoms with Gasteiger partial charge >= 0.3 is 6.09 Å². The first-order valence-electron chi connectivity index (χ1n) is 3.43. The van der Waals surface area contributed by atoms with Gasteiger partial charge in [-0.15, -0.1) is 0 Å². The summed E-state index contributed by atoms with van der Waals surface area (Å²) >= 11 is 0. The molecular weight excluding hydrogens is 160 g/mol. The fourth-order valence-corrected chi connectivity index (χ4v) is 0.676. The van der Waals surface area contributed by atoms with Crippen molar-refractivity contribution in [3.8, 4) is 0 Å². The summed E-state index contributed by atoms with van der Waals surface area (Å²) in [6, 6.07) is 0. The van der Waals surface area contributed by atoms with E-state index in [9.17, 15) is 4.79 Å². The van der Waals surface area contributed by atoms with Gasteiger partial charge in [-0.1, -0.05) is 5.16 Å². The Morgan fingerprint density at radius 3 is 2.67 bits per heavy atom. The second-order valence-electron chi connectivity index (χ2n) is 2.34. The number of hydrogen-bond acceptors (Lipinski definition) is 4. The normalized spacial score (nSPS) is 9.58. The van der Waals surface area contributed by atoms with Crippen molar-refractivity contribution in [3.63, 3.8) is 0 Å². The van der Waals surface area contributed by atoms with Crippen molar-refractivity contribution in [1.82, 2.24) is 5.16 Å². The van der Waals surface area contributed by atoms with Gasteiger partial charge in [0.05, 0.1) is 12.8 Å². The van der Waals surface area contributed by atoms with Crippen molar-refractivity contribution >= 4 is 12.0 Å². The van der Waals surface area contributed by atoms with E-state index in [1.807, 2.05) is 0 Å². The highest BCUT2D eigenvalue weighted by molar-refractivity contribution is 5.83. The number of aromatic nitrogens is 1. The molecule has 0 saturated heterocycles. The number of methoxy groups -OCH3 is 1. The van der Waals surface area contributed by atoms with Crippen molar-refractivity contribution in [2.45, 2.75) is 13.8 Å². The van der Waals surface area contributed by atoms with Crippen molar-refractivity contribution < 1.29 is 14.1 Å². The van der Waals surface area contributed by atoms with Crippen molar-refractivity contribution in [2.75, 3.05) is 12.4 Å². The number of nitrogens with one attached hydrogen (secondary N) is 1. The molecule has 0 aliphatic carbocycles. The van der Waals surface area contributed by atoms with Crippen LogP contribution in [0.25, 0.3) is 0 Å². The molecule has 0 aromatic carbocycles. The van der Waals surface area contributed by atoms with Crippen LogP contribution in [0.15, 0.2) is 4.52 Å². The molecule has 0 saturated carbocycles. The Kier molecular flexibility index (Phi) is 2.32. The summed E-state index contributed by atoms with van der Waals surface area (Å²) in [7, 11) is 1.29. The first kappa shape index (κ1) is 8.58. The number of carbonyl (C=O) groups excluding carboxylic acids is 1. The fourth-order valence-electron chi connectivity index (χ4n) is 0.676. The summed E-state index contributed by atoms with van der Waals surface area (Å²) in [5.74, 6) is 0.333. The average molecular weight is 170 g/mol. The van der Waals surface area contributed by atoms with Crippen LogP contribution in [0.3, 0.4) is 0 Å². The van der Waals surface area contributed by atoms with Gasteiger partial charge in [-0.25, -0.2) is 4.79 Å². The van der Waals surface area contributed by atoms with Gasteiger partial charge < -0.3 is 9.26 Å². The number of carbonyl (C=O) groups is 1. The van der Waals surface area contributed by atoms with E-state index in [-0.39, 0.29) is 0 Å². The maximum Gasteiger partial charge on any atom is 0.413 e. The van der Waals surface area contributed by atoms with E-state index in [1.54, 1.807) is 13.8 Å². The van der Waals surface area contributed by atoms with E-state index < -0.39 is 6.09 Å². The third-order valence-electron chi connectivity index (χ3n) is 1.56. The van der Waals surface area contributed by atoms with Crippen LogP contribution < -0.4 is 5.32 Å². The minimum atomic E-state index is -0.561. The van der Waals surface area contributed by atoms with Crippen LogP contribution in [0.2, 0.25) is 0 Å². The minimum absolute atomic E-state index is 0.333. The minimum Gasteiger partial charge on any atom is -0.453 e. The molecule has 0 radical (unpaired) electrons. The Morgan fingerprint density at radius 1 is 1.58 bits per heavy atom. The molecule has 1 aromatic heterocycles. The Labute approximate surface area is 69.7 Å². The Morgan fingerprint density at radius 2 is 2.25 bits per heavy atom. The number of ether oxygens (including phenoxy) is 1. The molecule has 1 amide bonds. The molecule has 0 spiro atoms. The summed E-state index contributed by atoms with van der Waals surface area (Å²) in [4.78, 5) is 10.7. The average Bonchev–Trinajstić information content (AvgIpc) is 2.36. The molecule has 0 unspecified atom stereocenters. The SMILES string of the molecule is COC(=O)Nc1onc(C)c1C. The highest BCUT2D eigenvalue weighted by atomic mass is 16.5. The molecule has 0 aliphatic heterocycles. The summed E-state index contributed by atoms with van der Waals surface area (Å²) < 4.78 is 9.19. The zero-order chi connectivity index (χ0) is 9.14. The van der Waals surface area contributed by atoms with Crippen LogP contribution in [-0.2, 0) is 4.74 Å². The van der Waals surface area contributed by atoms with E-state index in [0.717, 1.165) is 11.3 Å². The van der Waals surface area contributed by atoms with Crippen molar-refractivity contribution in [2.24, 2.45) is 0 Å². The number of amides is 1. The largest absolute Gasteiger partial charge is 0.453 e. The molecule has 5 nitrogen and oxygen atoms in total. The molecule has 12 heavy (non-hydrogen) atoms. The topological polar surface area (TPSA) is 64.4 Å². The summed E-state index contributed by atoms with van der Waals surface area (Å²) in [6.45, 7) is 3.60. The third-order valence-corrected chi connectivity index (χ3v) is 1.56. The van der Waals surface area contributed by atoms with Gasteiger partial charge in [0, 0.05) is 5.56 Å². The van der Waals surface area contributed by atoms with Gasteiger partial charge in [-0.2, -0.15) is 0 Å². The fraction of sp³-hybridized carbons (Fsp3) is 0.429. The molecule has 1 N–H and O–H groups in total. The van der Waals surface area contributed by atoms with Crippen LogP contribution in [0.4, 0.5) is 10.7 Å². The Bertz CT molecular complexity index is 293. The van der Waals surface area contributed by atoms with E-state index in [0.29, 0.717) is 5.88 Å². The highest BCUT2D eigenvalue weighted by Crippen LogP contribution is 2.16. The molecule has 1 rings (SSSR count). The number of aryl methyl sites for hydroxylation is 1. The summed E-state index contributed by atoms with van der Waals surface area (Å²) in [5.41, 5.74) is 1.56. The molecule has 0 bridgehead atoms. The van der Waals surface area contributed by atoms with Crippen molar-refractivity contribution in [1.29, 1.82) is 0 Å². The number of anilines is 1. The first-order chi connectivity index (χ1) is 5.65. The Balaban J connectivity index is 2.76. The molecule has 0 fully saturated rings. The summed E-state index contributed by atoms with van der Waals surface area (Å²) in [6.07, 6.45) is -0.561. The lowest BCUT2D eigenvalue weighted by molar-refractivity contribution is 0.186. The van der Waals surface area contributed by atoms with E-state index in [1.165, 1.54) is 7.11 Å². The first-order valence-corrected chi connectivity index (χ1v) is 3.43. The second kappa shape index (κ2) is 3.25. The molecule has 1 aromatic rings. The standard InChI is InChI=1S/C7H10N2O3/c1-4-5(2)9-12-6(4)8-7(10)11-3/h1-3H3,(H,8,10). The lowest BCUT2D eigenvalue weighted by Crippen LogP contribution is -2.10. The lowest BCUT2D eigenvalue weighted by atomic mass is 10.3. The summed E-state index contributed by atoms with van der Waals surface area (Å²) in [5, 5.41) is 6.05. The monoisotopic (exact) mass is 170 g/mol. The third kappa shape index (κ3) is 1.55. The maximum absolute atomic E-state index is 10.7. The number of rotatable bonds is 1. The van der Waals surface area contributed by atoms with Crippen molar-refractivity contribution in [3.05, 3.63) is 11.3 Å². The van der Waals surface area contributed by atoms with E-state index in [2.05, 4.69) is 15.2 Å². The van der Waals surface area contributed by atoms with Gasteiger partial charge in [0.2, 0.25) is 5.88 Å². The number of nitrogens with zero attached hydrogens (tertiary/aromatic N) is 1. The predicted octanol–water partition coefficient (Wildman–Crippen LogP) is 1.47. The smallest absolute Gasteiger partial charge is 0.413 e. The zero-order valence-corrected chi connectivity index (χ0v) is 7.17. The number of hydrogen-bond donors (Lipinski definition) is 1. The molecule has 0 atom stereocenters. The Hall–Kier alpha value is -1.52. The maximum atomic E-state index is 10.7. The van der Waals surface area contributed by atoms with Crippen LogP contribution in [-0.4, -0.2) is 18.4 Å². The van der Waals surface area contributed by atoms with E-state index in [4.69, 9.17) is 4.52 Å². The second-order valence-corrected chi connectivity index (χ2v) is 2.34. The van der Waals surface area contributed by atoms with Crippen LogP contribution in [0.1, 0.15) is 11.3 Å². The van der Waals surface area contributed by atoms with Gasteiger partial charge in [0.15, 0.2) is 0 Å². The van der Waals surface area contributed by atoms with Gasteiger partial charge in [0.25, 0.3) is 0 Å². The molecule has 5 heteroatoms. The van der Waals surface area contributed by atoms with Gasteiger partial charge in [-0.05, 0) is 13.8 Å². The quantitative estimate of drug-likeness (QED) is 0.693. The lowest BCUT2D eigenvalue weighted by Gasteiger charge is -1.98. The van der Waals surface area contributed by atoms with E-state index >= 15 is 0 Å². The molecule has 0 aliphatic rings. The van der Waals surface area contributed by atoms with Gasteiger partial charge in [-0.3, -0.25) is 5.32 Å². The van der Waals surface area contributed by atoms with Gasteiger partial charge in [0.1, 0.15) is 0 Å². The molecule has 1 heterocycles. The van der Waals surface area contributed by atoms with Crippen LogP contribution in [0, 0.1) is 13.8 Å². The van der Waals surface area contributed by atoms with Crippen LogP contribution in [0.5, 0.6) is 0 Å².